The van der Waals surface area contributed by atoms with Crippen LogP contribution in [0.3, 0.4) is 0 Å². The Kier molecular flexibility index (Phi) is 4.48. The third kappa shape index (κ3) is 3.22. The van der Waals surface area contributed by atoms with Crippen molar-refractivity contribution in [3.05, 3.63) is 60.0 Å². The van der Waals surface area contributed by atoms with Crippen LogP contribution >= 0.6 is 0 Å². The molecule has 6 heteroatoms. The lowest BCUT2D eigenvalue weighted by atomic mass is 10.0. The number of fused-ring (bicyclic) bond motifs is 1. The van der Waals surface area contributed by atoms with Crippen LogP contribution in [-0.2, 0) is 0 Å². The van der Waals surface area contributed by atoms with Crippen molar-refractivity contribution < 1.29 is 4.79 Å². The average molecular weight is 347 g/mol. The van der Waals surface area contributed by atoms with Crippen molar-refractivity contribution in [3.8, 4) is 0 Å². The molecule has 1 amide bonds. The molecule has 1 aliphatic heterocycles. The van der Waals surface area contributed by atoms with Crippen LogP contribution in [0, 0.1) is 6.92 Å². The molecule has 0 spiro atoms. The van der Waals surface area contributed by atoms with Gasteiger partial charge >= 0.3 is 0 Å². The SMILES string of the molecule is Cc1ccc(C(=O)NC2CCCN(c3ncccn3)C2)c2ncccc12. The van der Waals surface area contributed by atoms with Gasteiger partial charge in [-0.1, -0.05) is 12.1 Å². The maximum absolute atomic E-state index is 12.9. The van der Waals surface area contributed by atoms with Crippen molar-refractivity contribution in [1.82, 2.24) is 20.3 Å². The summed E-state index contributed by atoms with van der Waals surface area (Å²) in [5, 5.41) is 4.19. The molecule has 1 atom stereocenters. The number of piperidine rings is 1. The molecule has 1 saturated heterocycles. The molecular formula is C20H21N5O. The second-order valence-corrected chi connectivity index (χ2v) is 6.64. The van der Waals surface area contributed by atoms with E-state index in [1.807, 2.05) is 37.3 Å². The number of anilines is 1. The number of nitrogens with one attached hydrogen (secondary N) is 1. The minimum absolute atomic E-state index is 0.0696. The first-order valence-electron chi connectivity index (χ1n) is 8.89. The molecule has 26 heavy (non-hydrogen) atoms. The Balaban J connectivity index is 1.53. The van der Waals surface area contributed by atoms with E-state index in [0.29, 0.717) is 18.1 Å². The van der Waals surface area contributed by atoms with Gasteiger partial charge in [0, 0.05) is 43.1 Å². The van der Waals surface area contributed by atoms with Crippen LogP contribution in [-0.4, -0.2) is 40.0 Å². The summed E-state index contributed by atoms with van der Waals surface area (Å²) in [6.45, 7) is 3.66. The Morgan fingerprint density at radius 2 is 1.92 bits per heavy atom. The van der Waals surface area contributed by atoms with Crippen LogP contribution < -0.4 is 10.2 Å². The number of aryl methyl sites for hydroxylation is 1. The number of hydrogen-bond acceptors (Lipinski definition) is 5. The molecule has 1 unspecified atom stereocenters. The molecule has 6 nitrogen and oxygen atoms in total. The molecule has 0 bridgehead atoms. The van der Waals surface area contributed by atoms with E-state index in [2.05, 4.69) is 25.2 Å². The third-order valence-corrected chi connectivity index (χ3v) is 4.82. The normalized spacial score (nSPS) is 17.3. The van der Waals surface area contributed by atoms with E-state index in [9.17, 15) is 4.79 Å². The minimum atomic E-state index is -0.0745. The largest absolute Gasteiger partial charge is 0.347 e. The highest BCUT2D eigenvalue weighted by molar-refractivity contribution is 6.06. The van der Waals surface area contributed by atoms with E-state index in [1.54, 1.807) is 18.6 Å². The van der Waals surface area contributed by atoms with Gasteiger partial charge in [0.05, 0.1) is 11.1 Å². The number of benzene rings is 1. The summed E-state index contributed by atoms with van der Waals surface area (Å²) < 4.78 is 0. The number of rotatable bonds is 3. The zero-order valence-electron chi connectivity index (χ0n) is 14.7. The van der Waals surface area contributed by atoms with Crippen molar-refractivity contribution in [2.24, 2.45) is 0 Å². The molecule has 3 heterocycles. The Hall–Kier alpha value is -3.02. The third-order valence-electron chi connectivity index (χ3n) is 4.82. The Morgan fingerprint density at radius 3 is 2.77 bits per heavy atom. The van der Waals surface area contributed by atoms with Gasteiger partial charge in [-0.3, -0.25) is 9.78 Å². The van der Waals surface area contributed by atoms with Crippen LogP contribution in [0.1, 0.15) is 28.8 Å². The molecule has 3 aromatic rings. The standard InChI is InChI=1S/C20H21N5O/c1-14-7-8-17(18-16(14)6-2-9-21-18)19(26)24-15-5-3-12-25(13-15)20-22-10-4-11-23-20/h2,4,6-11,15H,3,5,12-13H2,1H3,(H,24,26). The lowest BCUT2D eigenvalue weighted by Gasteiger charge is -2.33. The Bertz CT molecular complexity index is 928. The van der Waals surface area contributed by atoms with E-state index in [-0.39, 0.29) is 11.9 Å². The molecule has 0 saturated carbocycles. The first kappa shape index (κ1) is 16.4. The number of nitrogens with zero attached hydrogens (tertiary/aromatic N) is 4. The quantitative estimate of drug-likeness (QED) is 0.789. The van der Waals surface area contributed by atoms with Crippen molar-refractivity contribution in [3.63, 3.8) is 0 Å². The second kappa shape index (κ2) is 7.07. The van der Waals surface area contributed by atoms with Gasteiger partial charge in [-0.2, -0.15) is 0 Å². The highest BCUT2D eigenvalue weighted by Crippen LogP contribution is 2.21. The van der Waals surface area contributed by atoms with Crippen LogP contribution in [0.4, 0.5) is 5.95 Å². The predicted molar refractivity (Wildman–Crippen MR) is 101 cm³/mol. The van der Waals surface area contributed by atoms with E-state index >= 15 is 0 Å². The van der Waals surface area contributed by atoms with E-state index < -0.39 is 0 Å². The lowest BCUT2D eigenvalue weighted by Crippen LogP contribution is -2.48. The number of aromatic nitrogens is 3. The molecule has 1 fully saturated rings. The molecule has 2 aromatic heterocycles. The minimum Gasteiger partial charge on any atom is -0.347 e. The number of carbonyl (C=O) groups excluding carboxylic acids is 1. The summed E-state index contributed by atoms with van der Waals surface area (Å²) >= 11 is 0. The van der Waals surface area contributed by atoms with Gasteiger partial charge in [0.1, 0.15) is 0 Å². The second-order valence-electron chi connectivity index (χ2n) is 6.64. The van der Waals surface area contributed by atoms with Crippen molar-refractivity contribution in [1.29, 1.82) is 0 Å². The fraction of sp³-hybridized carbons (Fsp3) is 0.300. The molecule has 132 valence electrons. The first-order chi connectivity index (χ1) is 12.7. The van der Waals surface area contributed by atoms with Crippen LogP contribution in [0.5, 0.6) is 0 Å². The van der Waals surface area contributed by atoms with Crippen LogP contribution in [0.2, 0.25) is 0 Å². The highest BCUT2D eigenvalue weighted by atomic mass is 16.1. The van der Waals surface area contributed by atoms with Gasteiger partial charge in [0.15, 0.2) is 0 Å². The predicted octanol–water partition coefficient (Wildman–Crippen LogP) is 2.73. The molecular weight excluding hydrogens is 326 g/mol. The van der Waals surface area contributed by atoms with Crippen molar-refractivity contribution >= 4 is 22.8 Å². The maximum Gasteiger partial charge on any atom is 0.253 e. The van der Waals surface area contributed by atoms with E-state index in [0.717, 1.165) is 35.9 Å². The smallest absolute Gasteiger partial charge is 0.253 e. The fourth-order valence-electron chi connectivity index (χ4n) is 3.49. The molecule has 4 rings (SSSR count). The summed E-state index contributed by atoms with van der Waals surface area (Å²) in [5.41, 5.74) is 2.50. The van der Waals surface area contributed by atoms with Crippen molar-refractivity contribution in [2.75, 3.05) is 18.0 Å². The molecule has 0 radical (unpaired) electrons. The maximum atomic E-state index is 12.9. The molecule has 0 aliphatic carbocycles. The molecule has 1 N–H and O–H groups in total. The topological polar surface area (TPSA) is 71.0 Å². The zero-order chi connectivity index (χ0) is 17.9. The van der Waals surface area contributed by atoms with Gasteiger partial charge in [-0.05, 0) is 43.5 Å². The number of amides is 1. The molecule has 1 aromatic carbocycles. The summed E-state index contributed by atoms with van der Waals surface area (Å²) in [6, 6.07) is 9.62. The van der Waals surface area contributed by atoms with E-state index in [4.69, 9.17) is 0 Å². The summed E-state index contributed by atoms with van der Waals surface area (Å²) in [6.07, 6.45) is 7.17. The van der Waals surface area contributed by atoms with Gasteiger partial charge < -0.3 is 10.2 Å². The summed E-state index contributed by atoms with van der Waals surface area (Å²) in [5.74, 6) is 0.642. The van der Waals surface area contributed by atoms with Crippen LogP contribution in [0.25, 0.3) is 10.9 Å². The number of pyridine rings is 1. The number of hydrogen-bond donors (Lipinski definition) is 1. The van der Waals surface area contributed by atoms with Crippen LogP contribution in [0.15, 0.2) is 48.9 Å². The van der Waals surface area contributed by atoms with Gasteiger partial charge in [0.2, 0.25) is 5.95 Å². The lowest BCUT2D eigenvalue weighted by molar-refractivity contribution is 0.0934. The summed E-state index contributed by atoms with van der Waals surface area (Å²) in [4.78, 5) is 28.1. The van der Waals surface area contributed by atoms with Gasteiger partial charge in [-0.25, -0.2) is 9.97 Å². The molecule has 1 aliphatic rings. The van der Waals surface area contributed by atoms with Crippen molar-refractivity contribution in [2.45, 2.75) is 25.8 Å². The highest BCUT2D eigenvalue weighted by Gasteiger charge is 2.24. The first-order valence-corrected chi connectivity index (χ1v) is 8.89. The Morgan fingerprint density at radius 1 is 1.12 bits per heavy atom. The Labute approximate surface area is 152 Å². The number of carbonyl (C=O) groups is 1. The summed E-state index contributed by atoms with van der Waals surface area (Å²) in [7, 11) is 0. The zero-order valence-corrected chi connectivity index (χ0v) is 14.7. The van der Waals surface area contributed by atoms with E-state index in [1.165, 1.54) is 0 Å². The monoisotopic (exact) mass is 347 g/mol. The average Bonchev–Trinajstić information content (AvgIpc) is 2.69. The van der Waals surface area contributed by atoms with Gasteiger partial charge in [-0.15, -0.1) is 0 Å². The van der Waals surface area contributed by atoms with Gasteiger partial charge in [0.25, 0.3) is 5.91 Å². The fourth-order valence-corrected chi connectivity index (χ4v) is 3.49.